The number of nitrogens with one attached hydrogen (secondary N) is 1. The average molecular weight is 486 g/mol. The fourth-order valence-electron chi connectivity index (χ4n) is 3.98. The molecule has 0 spiro atoms. The van der Waals surface area contributed by atoms with E-state index in [1.54, 1.807) is 18.2 Å². The van der Waals surface area contributed by atoms with E-state index in [-0.39, 0.29) is 12.7 Å². The van der Waals surface area contributed by atoms with Gasteiger partial charge in [-0.15, -0.1) is 0 Å². The maximum atomic E-state index is 13.2. The lowest BCUT2D eigenvalue weighted by Crippen LogP contribution is -2.18. The molecule has 0 saturated carbocycles. The van der Waals surface area contributed by atoms with E-state index in [1.165, 1.54) is 11.8 Å². The van der Waals surface area contributed by atoms with Crippen molar-refractivity contribution in [2.45, 2.75) is 26.2 Å². The average Bonchev–Trinajstić information content (AvgIpc) is 3.34. The standard InChI is InChI=1S/C28H24ClN3O3/c1-3-17(2)18-8-10-19(11-9-18)25-13-22(21-6-4-5-7-24(21)31-25)28(33)32-30-15-20-12-26-27(14-23(20)29)35-16-34-26/h4-15,17H,3,16H2,1-2H3,(H,32,33)/b30-15-. The van der Waals surface area contributed by atoms with Crippen LogP contribution in [0.1, 0.15) is 47.7 Å². The monoisotopic (exact) mass is 485 g/mol. The molecule has 176 valence electrons. The van der Waals surface area contributed by atoms with Crippen LogP contribution in [0.3, 0.4) is 0 Å². The fourth-order valence-corrected chi connectivity index (χ4v) is 4.18. The molecular formula is C28H24ClN3O3. The predicted octanol–water partition coefficient (Wildman–Crippen LogP) is 6.56. The summed E-state index contributed by atoms with van der Waals surface area (Å²) in [6.45, 7) is 4.54. The van der Waals surface area contributed by atoms with E-state index in [0.717, 1.165) is 28.6 Å². The first-order chi connectivity index (χ1) is 17.0. The second kappa shape index (κ2) is 9.76. The molecule has 1 atom stereocenters. The minimum atomic E-state index is -0.339. The van der Waals surface area contributed by atoms with E-state index >= 15 is 0 Å². The van der Waals surface area contributed by atoms with Crippen LogP contribution in [0.4, 0.5) is 0 Å². The molecule has 35 heavy (non-hydrogen) atoms. The number of hydrogen-bond donors (Lipinski definition) is 1. The van der Waals surface area contributed by atoms with Gasteiger partial charge in [0, 0.05) is 22.6 Å². The second-order valence-electron chi connectivity index (χ2n) is 8.43. The summed E-state index contributed by atoms with van der Waals surface area (Å²) in [6.07, 6.45) is 2.57. The number of fused-ring (bicyclic) bond motifs is 2. The van der Waals surface area contributed by atoms with Crippen LogP contribution < -0.4 is 14.9 Å². The molecule has 7 heteroatoms. The first-order valence-electron chi connectivity index (χ1n) is 11.5. The molecule has 0 bridgehead atoms. The van der Waals surface area contributed by atoms with Gasteiger partial charge in [-0.05, 0) is 36.1 Å². The van der Waals surface area contributed by atoms with E-state index in [4.69, 9.17) is 26.1 Å². The second-order valence-corrected chi connectivity index (χ2v) is 8.84. The van der Waals surface area contributed by atoms with Crippen molar-refractivity contribution in [3.05, 3.63) is 88.4 Å². The molecule has 1 N–H and O–H groups in total. The molecule has 5 rings (SSSR count). The number of rotatable bonds is 6. The van der Waals surface area contributed by atoms with Crippen LogP contribution >= 0.6 is 11.6 Å². The van der Waals surface area contributed by atoms with Crippen molar-refractivity contribution in [3.63, 3.8) is 0 Å². The SMILES string of the molecule is CCC(C)c1ccc(-c2cc(C(=O)N/N=C\c3cc4c(cc3Cl)OCO4)c3ccccc3n2)cc1. The van der Waals surface area contributed by atoms with Crippen molar-refractivity contribution in [3.8, 4) is 22.8 Å². The number of hydrazone groups is 1. The van der Waals surface area contributed by atoms with Crippen molar-refractivity contribution in [1.82, 2.24) is 10.4 Å². The van der Waals surface area contributed by atoms with Crippen molar-refractivity contribution in [2.75, 3.05) is 6.79 Å². The van der Waals surface area contributed by atoms with Crippen LogP contribution in [0.15, 0.2) is 71.8 Å². The van der Waals surface area contributed by atoms with Crippen LogP contribution in [0.5, 0.6) is 11.5 Å². The molecule has 1 aromatic heterocycles. The lowest BCUT2D eigenvalue weighted by atomic mass is 9.96. The summed E-state index contributed by atoms with van der Waals surface area (Å²) >= 11 is 6.30. The normalized spacial score (nSPS) is 13.3. The van der Waals surface area contributed by atoms with Gasteiger partial charge in [0.05, 0.1) is 28.0 Å². The topological polar surface area (TPSA) is 72.8 Å². The maximum Gasteiger partial charge on any atom is 0.272 e. The highest BCUT2D eigenvalue weighted by molar-refractivity contribution is 6.33. The number of aromatic nitrogens is 1. The first kappa shape index (κ1) is 22.9. The van der Waals surface area contributed by atoms with E-state index in [2.05, 4.69) is 48.6 Å². The Hall–Kier alpha value is -3.90. The molecule has 0 aliphatic carbocycles. The zero-order valence-electron chi connectivity index (χ0n) is 19.4. The van der Waals surface area contributed by atoms with Gasteiger partial charge in [-0.3, -0.25) is 4.79 Å². The number of nitrogens with zero attached hydrogens (tertiary/aromatic N) is 2. The van der Waals surface area contributed by atoms with Crippen molar-refractivity contribution >= 4 is 34.6 Å². The van der Waals surface area contributed by atoms with Crippen LogP contribution in [0, 0.1) is 0 Å². The van der Waals surface area contributed by atoms with Crippen LogP contribution in [-0.2, 0) is 0 Å². The molecule has 1 aliphatic rings. The molecule has 6 nitrogen and oxygen atoms in total. The Morgan fingerprint density at radius 2 is 1.86 bits per heavy atom. The zero-order valence-corrected chi connectivity index (χ0v) is 20.2. The van der Waals surface area contributed by atoms with Crippen molar-refractivity contribution in [2.24, 2.45) is 5.10 Å². The highest BCUT2D eigenvalue weighted by Gasteiger charge is 2.17. The molecule has 0 saturated heterocycles. The van der Waals surface area contributed by atoms with Gasteiger partial charge in [0.15, 0.2) is 11.5 Å². The van der Waals surface area contributed by atoms with Gasteiger partial charge in [-0.25, -0.2) is 10.4 Å². The van der Waals surface area contributed by atoms with Crippen molar-refractivity contribution < 1.29 is 14.3 Å². The summed E-state index contributed by atoms with van der Waals surface area (Å²) < 4.78 is 10.7. The van der Waals surface area contributed by atoms with Gasteiger partial charge < -0.3 is 9.47 Å². The lowest BCUT2D eigenvalue weighted by Gasteiger charge is -2.11. The summed E-state index contributed by atoms with van der Waals surface area (Å²) in [6, 6.07) is 21.1. The summed E-state index contributed by atoms with van der Waals surface area (Å²) in [5.74, 6) is 1.33. The molecule has 4 aromatic rings. The van der Waals surface area contributed by atoms with E-state index in [0.29, 0.717) is 33.6 Å². The zero-order chi connectivity index (χ0) is 24.4. The fraction of sp³-hybridized carbons (Fsp3) is 0.179. The highest BCUT2D eigenvalue weighted by atomic mass is 35.5. The van der Waals surface area contributed by atoms with Gasteiger partial charge >= 0.3 is 0 Å². The number of carbonyl (C=O) groups excluding carboxylic acids is 1. The summed E-state index contributed by atoms with van der Waals surface area (Å²) in [5, 5.41) is 5.33. The smallest absolute Gasteiger partial charge is 0.272 e. The molecule has 1 aliphatic heterocycles. The van der Waals surface area contributed by atoms with Crippen molar-refractivity contribution in [1.29, 1.82) is 0 Å². The summed E-state index contributed by atoms with van der Waals surface area (Å²) in [5.41, 5.74) is 7.42. The largest absolute Gasteiger partial charge is 0.454 e. The van der Waals surface area contributed by atoms with E-state index in [1.807, 2.05) is 24.3 Å². The Balaban J connectivity index is 1.43. The Kier molecular flexibility index (Phi) is 6.38. The Bertz CT molecular complexity index is 1430. The third-order valence-electron chi connectivity index (χ3n) is 6.21. The van der Waals surface area contributed by atoms with Crippen LogP contribution in [0.2, 0.25) is 5.02 Å². The Labute approximate surface area is 208 Å². The minimum absolute atomic E-state index is 0.154. The maximum absolute atomic E-state index is 13.2. The predicted molar refractivity (Wildman–Crippen MR) is 139 cm³/mol. The molecule has 2 heterocycles. The van der Waals surface area contributed by atoms with E-state index in [9.17, 15) is 4.79 Å². The lowest BCUT2D eigenvalue weighted by molar-refractivity contribution is 0.0956. The first-order valence-corrected chi connectivity index (χ1v) is 11.8. The number of benzene rings is 3. The molecule has 1 amide bonds. The van der Waals surface area contributed by atoms with Gasteiger partial charge in [0.25, 0.3) is 5.91 Å². The van der Waals surface area contributed by atoms with Gasteiger partial charge in [0.1, 0.15) is 0 Å². The number of carbonyl (C=O) groups is 1. The molecule has 0 radical (unpaired) electrons. The molecule has 0 fully saturated rings. The summed E-state index contributed by atoms with van der Waals surface area (Å²) in [7, 11) is 0. The molecule has 1 unspecified atom stereocenters. The van der Waals surface area contributed by atoms with Gasteiger partial charge in [-0.2, -0.15) is 5.10 Å². The highest BCUT2D eigenvalue weighted by Crippen LogP contribution is 2.36. The number of amides is 1. The van der Waals surface area contributed by atoms with Gasteiger partial charge in [-0.1, -0.05) is 67.9 Å². The number of halogens is 1. The quantitative estimate of drug-likeness (QED) is 0.248. The molecule has 3 aromatic carbocycles. The minimum Gasteiger partial charge on any atom is -0.454 e. The third kappa shape index (κ3) is 4.70. The number of ether oxygens (including phenoxy) is 2. The van der Waals surface area contributed by atoms with Crippen LogP contribution in [0.25, 0.3) is 22.2 Å². The molecular weight excluding hydrogens is 462 g/mol. The number of hydrogen-bond acceptors (Lipinski definition) is 5. The Morgan fingerprint density at radius 3 is 2.63 bits per heavy atom. The van der Waals surface area contributed by atoms with Gasteiger partial charge in [0.2, 0.25) is 6.79 Å². The number of para-hydroxylation sites is 1. The van der Waals surface area contributed by atoms with Crippen LogP contribution in [-0.4, -0.2) is 23.9 Å². The van der Waals surface area contributed by atoms with E-state index < -0.39 is 0 Å². The summed E-state index contributed by atoms with van der Waals surface area (Å²) in [4.78, 5) is 18.0. The third-order valence-corrected chi connectivity index (χ3v) is 6.54. The number of pyridine rings is 1. The Morgan fingerprint density at radius 1 is 1.11 bits per heavy atom.